The average Bonchev–Trinajstić information content (AvgIpc) is 3.30. The minimum atomic E-state index is -0.0390. The van der Waals surface area contributed by atoms with Crippen LogP contribution >= 0.6 is 0 Å². The lowest BCUT2D eigenvalue weighted by molar-refractivity contribution is 0.381. The number of rotatable bonds is 6. The van der Waals surface area contributed by atoms with Crippen molar-refractivity contribution in [2.45, 2.75) is 112 Å². The summed E-state index contributed by atoms with van der Waals surface area (Å²) in [5, 5.41) is 0. The molecule has 3 nitrogen and oxygen atoms in total. The van der Waals surface area contributed by atoms with Crippen molar-refractivity contribution < 1.29 is 4.74 Å². The van der Waals surface area contributed by atoms with Crippen LogP contribution in [-0.2, 0) is 10.8 Å². The van der Waals surface area contributed by atoms with Crippen LogP contribution in [0.4, 0.5) is 5.69 Å². The molecular formula is C37H52N2O. The number of hydrogen-bond acceptors (Lipinski definition) is 3. The topological polar surface area (TPSA) is 15.7 Å². The molecule has 0 aliphatic carbocycles. The first kappa shape index (κ1) is 30.0. The number of allylic oxidation sites excluding steroid dienone is 3. The van der Waals surface area contributed by atoms with Crippen LogP contribution in [0.3, 0.4) is 0 Å². The predicted octanol–water partition coefficient (Wildman–Crippen LogP) is 10.2. The zero-order valence-electron chi connectivity index (χ0n) is 27.4. The maximum Gasteiger partial charge on any atom is 0.126 e. The number of anilines is 1. The molecule has 2 aliphatic rings. The first-order valence-electron chi connectivity index (χ1n) is 15.1. The van der Waals surface area contributed by atoms with Crippen LogP contribution in [0.15, 0.2) is 54.4 Å². The molecule has 0 N–H and O–H groups in total. The lowest BCUT2D eigenvalue weighted by atomic mass is 9.79. The number of ether oxygens (including phenoxy) is 1. The van der Waals surface area contributed by atoms with Crippen molar-refractivity contribution in [3.8, 4) is 5.75 Å². The molecule has 0 amide bonds. The highest BCUT2D eigenvalue weighted by molar-refractivity contribution is 5.77. The molecule has 40 heavy (non-hydrogen) atoms. The largest absolute Gasteiger partial charge is 0.496 e. The molecule has 2 aromatic rings. The Morgan fingerprint density at radius 1 is 0.750 bits per heavy atom. The third-order valence-corrected chi connectivity index (χ3v) is 8.32. The second-order valence-electron chi connectivity index (χ2n) is 14.6. The van der Waals surface area contributed by atoms with Crippen LogP contribution < -0.4 is 9.64 Å². The fourth-order valence-corrected chi connectivity index (χ4v) is 5.92. The predicted molar refractivity (Wildman–Crippen MR) is 173 cm³/mol. The molecule has 216 valence electrons. The molecule has 2 aliphatic heterocycles. The van der Waals surface area contributed by atoms with E-state index < -0.39 is 0 Å². The van der Waals surface area contributed by atoms with E-state index in [0.717, 1.165) is 12.4 Å². The minimum absolute atomic E-state index is 0.0390. The zero-order valence-corrected chi connectivity index (χ0v) is 27.4. The molecule has 3 heteroatoms. The van der Waals surface area contributed by atoms with E-state index in [2.05, 4.69) is 142 Å². The van der Waals surface area contributed by atoms with Gasteiger partial charge in [0.25, 0.3) is 0 Å². The van der Waals surface area contributed by atoms with Crippen LogP contribution in [0, 0.1) is 0 Å². The highest BCUT2D eigenvalue weighted by Crippen LogP contribution is 2.45. The quantitative estimate of drug-likeness (QED) is 0.362. The Labute approximate surface area is 244 Å². The fraction of sp³-hybridized carbons (Fsp3) is 0.514. The van der Waals surface area contributed by atoms with Gasteiger partial charge in [-0.3, -0.25) is 0 Å². The van der Waals surface area contributed by atoms with E-state index in [0.29, 0.717) is 17.8 Å². The molecule has 0 fully saturated rings. The van der Waals surface area contributed by atoms with E-state index in [1.807, 2.05) is 7.11 Å². The summed E-state index contributed by atoms with van der Waals surface area (Å²) in [4.78, 5) is 4.91. The summed E-state index contributed by atoms with van der Waals surface area (Å²) in [5.74, 6) is 2.40. The van der Waals surface area contributed by atoms with Gasteiger partial charge >= 0.3 is 0 Å². The third kappa shape index (κ3) is 5.62. The first-order chi connectivity index (χ1) is 18.5. The molecule has 2 aromatic carbocycles. The minimum Gasteiger partial charge on any atom is -0.496 e. The van der Waals surface area contributed by atoms with Crippen LogP contribution in [0.5, 0.6) is 5.75 Å². The lowest BCUT2D eigenvalue weighted by Crippen LogP contribution is -2.28. The van der Waals surface area contributed by atoms with Gasteiger partial charge < -0.3 is 14.5 Å². The molecule has 2 heterocycles. The Morgan fingerprint density at radius 2 is 1.27 bits per heavy atom. The van der Waals surface area contributed by atoms with Crippen LogP contribution in [0.1, 0.15) is 134 Å². The van der Waals surface area contributed by atoms with Crippen molar-refractivity contribution in [2.75, 3.05) is 18.7 Å². The van der Waals surface area contributed by atoms with E-state index in [1.54, 1.807) is 0 Å². The maximum atomic E-state index is 6.05. The smallest absolute Gasteiger partial charge is 0.126 e. The summed E-state index contributed by atoms with van der Waals surface area (Å²) in [6.45, 7) is 28.4. The van der Waals surface area contributed by atoms with Crippen LogP contribution in [-0.4, -0.2) is 18.7 Å². The summed E-state index contributed by atoms with van der Waals surface area (Å²) in [5.41, 5.74) is 11.9. The van der Waals surface area contributed by atoms with Gasteiger partial charge in [-0.1, -0.05) is 101 Å². The van der Waals surface area contributed by atoms with Crippen molar-refractivity contribution in [3.05, 3.63) is 87.8 Å². The van der Waals surface area contributed by atoms with E-state index in [4.69, 9.17) is 4.74 Å². The number of methoxy groups -OCH3 is 1. The molecule has 0 bridgehead atoms. The Morgan fingerprint density at radius 3 is 1.70 bits per heavy atom. The van der Waals surface area contributed by atoms with Gasteiger partial charge in [-0.05, 0) is 69.6 Å². The molecular weight excluding hydrogens is 488 g/mol. The normalized spacial score (nSPS) is 15.8. The monoisotopic (exact) mass is 540 g/mol. The molecule has 0 atom stereocenters. The summed E-state index contributed by atoms with van der Waals surface area (Å²) in [6, 6.07) is 9.60. The molecule has 0 spiro atoms. The molecule has 0 saturated heterocycles. The highest BCUT2D eigenvalue weighted by Gasteiger charge is 2.33. The van der Waals surface area contributed by atoms with E-state index in [9.17, 15) is 0 Å². The highest BCUT2D eigenvalue weighted by atomic mass is 16.5. The molecule has 4 rings (SSSR count). The van der Waals surface area contributed by atoms with E-state index >= 15 is 0 Å². The lowest BCUT2D eigenvalue weighted by Gasteiger charge is -2.33. The Bertz CT molecular complexity index is 1290. The van der Waals surface area contributed by atoms with Crippen molar-refractivity contribution in [1.29, 1.82) is 0 Å². The zero-order chi connectivity index (χ0) is 29.7. The van der Waals surface area contributed by atoms with Crippen LogP contribution in [0.25, 0.3) is 5.70 Å². The first-order valence-corrected chi connectivity index (χ1v) is 15.1. The van der Waals surface area contributed by atoms with Crippen molar-refractivity contribution >= 4 is 11.4 Å². The second kappa shape index (κ2) is 10.8. The molecule has 0 radical (unpaired) electrons. The summed E-state index contributed by atoms with van der Waals surface area (Å²) < 4.78 is 6.05. The van der Waals surface area contributed by atoms with E-state index in [1.165, 1.54) is 50.5 Å². The Kier molecular flexibility index (Phi) is 8.11. The number of fused-ring (bicyclic) bond motifs is 1. The fourth-order valence-electron chi connectivity index (χ4n) is 5.92. The van der Waals surface area contributed by atoms with Gasteiger partial charge in [0.1, 0.15) is 5.75 Å². The maximum absolute atomic E-state index is 6.05. The second-order valence-corrected chi connectivity index (χ2v) is 14.6. The summed E-state index contributed by atoms with van der Waals surface area (Å²) in [6.07, 6.45) is 9.10. The molecule has 0 unspecified atom stereocenters. The average molecular weight is 541 g/mol. The van der Waals surface area contributed by atoms with Gasteiger partial charge in [0.05, 0.1) is 25.2 Å². The summed E-state index contributed by atoms with van der Waals surface area (Å²) in [7, 11) is 1.81. The number of nitrogens with zero attached hydrogens (tertiary/aromatic N) is 2. The van der Waals surface area contributed by atoms with Crippen molar-refractivity contribution in [2.24, 2.45) is 0 Å². The third-order valence-electron chi connectivity index (χ3n) is 8.32. The van der Waals surface area contributed by atoms with Gasteiger partial charge in [0.15, 0.2) is 0 Å². The van der Waals surface area contributed by atoms with E-state index in [-0.39, 0.29) is 10.8 Å². The van der Waals surface area contributed by atoms with Gasteiger partial charge in [-0.15, -0.1) is 0 Å². The number of benzene rings is 2. The van der Waals surface area contributed by atoms with Gasteiger partial charge in [-0.25, -0.2) is 0 Å². The van der Waals surface area contributed by atoms with Gasteiger partial charge in [0.2, 0.25) is 0 Å². The number of hydrogen-bond donors (Lipinski definition) is 0. The van der Waals surface area contributed by atoms with Gasteiger partial charge in [-0.2, -0.15) is 0 Å². The van der Waals surface area contributed by atoms with Crippen molar-refractivity contribution in [1.82, 2.24) is 4.90 Å². The standard InChI is InChI=1S/C37H52N2O/c1-23(2)26-17-29(24(3)4)34(30(18-26)25(5)6)33-16-14-15-27-21-38(22-39(27)33)28-19-31(36(7,8)9)35(40-13)32(20-28)37(10,11)12/h14-21,23-25H,22H2,1-13H3. The summed E-state index contributed by atoms with van der Waals surface area (Å²) >= 11 is 0. The van der Waals surface area contributed by atoms with Gasteiger partial charge in [0, 0.05) is 28.6 Å². The van der Waals surface area contributed by atoms with Crippen LogP contribution in [0.2, 0.25) is 0 Å². The van der Waals surface area contributed by atoms with Crippen molar-refractivity contribution in [3.63, 3.8) is 0 Å². The molecule has 0 saturated carbocycles. The Balaban J connectivity index is 1.84. The molecule has 0 aromatic heterocycles. The SMILES string of the molecule is COc1c(C(C)(C)C)cc(N2C=C3C=CC=C(c4c(C(C)C)cc(C(C)C)cc4C(C)C)N3C2)cc1C(C)(C)C. The Hall–Kier alpha value is -2.94.